The minimum Gasteiger partial charge on any atom is -0.469 e. The Kier molecular flexibility index (Phi) is 13.9. The van der Waals surface area contributed by atoms with Gasteiger partial charge in [0.2, 0.25) is 0 Å². The van der Waals surface area contributed by atoms with E-state index in [0.717, 1.165) is 44.9 Å². The van der Waals surface area contributed by atoms with Crippen molar-refractivity contribution in [2.75, 3.05) is 7.11 Å². The van der Waals surface area contributed by atoms with E-state index in [0.29, 0.717) is 19.3 Å². The number of carbonyl (C=O) groups is 1. The van der Waals surface area contributed by atoms with Crippen LogP contribution in [-0.2, 0) is 9.53 Å². The van der Waals surface area contributed by atoms with Gasteiger partial charge < -0.3 is 14.9 Å². The maximum Gasteiger partial charge on any atom is 0.305 e. The highest BCUT2D eigenvalue weighted by Crippen LogP contribution is 2.14. The average molecular weight is 302 g/mol. The summed E-state index contributed by atoms with van der Waals surface area (Å²) < 4.78 is 4.58. The fraction of sp³-hybridized carbons (Fsp3) is 0.941. The molecule has 0 heterocycles. The van der Waals surface area contributed by atoms with Crippen LogP contribution in [0.15, 0.2) is 0 Å². The van der Waals surface area contributed by atoms with Gasteiger partial charge in [-0.2, -0.15) is 0 Å². The van der Waals surface area contributed by atoms with Crippen LogP contribution in [0.4, 0.5) is 0 Å². The predicted molar refractivity (Wildman–Crippen MR) is 85.1 cm³/mol. The molecule has 0 bridgehead atoms. The van der Waals surface area contributed by atoms with Crippen molar-refractivity contribution < 1.29 is 19.7 Å². The van der Waals surface area contributed by atoms with Crippen molar-refractivity contribution >= 4 is 5.97 Å². The van der Waals surface area contributed by atoms with E-state index in [4.69, 9.17) is 0 Å². The number of aliphatic hydroxyl groups is 2. The van der Waals surface area contributed by atoms with Gasteiger partial charge in [0.15, 0.2) is 0 Å². The second kappa shape index (κ2) is 14.3. The molecule has 4 heteroatoms. The molecule has 0 aliphatic heterocycles. The van der Waals surface area contributed by atoms with Crippen molar-refractivity contribution in [1.82, 2.24) is 0 Å². The second-order valence-corrected chi connectivity index (χ2v) is 5.87. The van der Waals surface area contributed by atoms with E-state index < -0.39 is 12.2 Å². The molecule has 0 aromatic heterocycles. The summed E-state index contributed by atoms with van der Waals surface area (Å²) in [5.41, 5.74) is 0. The van der Waals surface area contributed by atoms with Gasteiger partial charge in [-0.25, -0.2) is 0 Å². The van der Waals surface area contributed by atoms with Gasteiger partial charge in [-0.05, 0) is 19.3 Å². The molecule has 21 heavy (non-hydrogen) atoms. The molecular formula is C17H34O4. The summed E-state index contributed by atoms with van der Waals surface area (Å²) in [5.74, 6) is -0.142. The van der Waals surface area contributed by atoms with Crippen molar-refractivity contribution in [2.24, 2.45) is 0 Å². The van der Waals surface area contributed by atoms with Gasteiger partial charge in [0.05, 0.1) is 19.3 Å². The zero-order valence-electron chi connectivity index (χ0n) is 13.9. The number of esters is 1. The van der Waals surface area contributed by atoms with E-state index >= 15 is 0 Å². The topological polar surface area (TPSA) is 66.8 Å². The quantitative estimate of drug-likeness (QED) is 0.380. The van der Waals surface area contributed by atoms with Gasteiger partial charge in [-0.3, -0.25) is 4.79 Å². The van der Waals surface area contributed by atoms with Gasteiger partial charge in [-0.1, -0.05) is 58.3 Å². The third-order valence-electron chi connectivity index (χ3n) is 3.91. The molecule has 4 nitrogen and oxygen atoms in total. The van der Waals surface area contributed by atoms with Gasteiger partial charge in [-0.15, -0.1) is 0 Å². The molecule has 0 aliphatic rings. The van der Waals surface area contributed by atoms with E-state index in [9.17, 15) is 15.0 Å². The zero-order valence-corrected chi connectivity index (χ0v) is 13.9. The highest BCUT2D eigenvalue weighted by Gasteiger charge is 2.14. The third-order valence-corrected chi connectivity index (χ3v) is 3.91. The van der Waals surface area contributed by atoms with Crippen LogP contribution in [0.5, 0.6) is 0 Å². The van der Waals surface area contributed by atoms with Crippen LogP contribution in [0, 0.1) is 0 Å². The molecule has 0 saturated heterocycles. The normalized spacial score (nSPS) is 13.9. The standard InChI is InChI=1S/C17H34O4/c1-3-4-5-9-12-15(18)16(19)13-10-7-6-8-11-14-17(20)21-2/h15-16,18-19H,3-14H2,1-2H3. The first kappa shape index (κ1) is 20.4. The number of unbranched alkanes of at least 4 members (excludes halogenated alkanes) is 7. The molecular weight excluding hydrogens is 268 g/mol. The number of aliphatic hydroxyl groups excluding tert-OH is 2. The van der Waals surface area contributed by atoms with Crippen molar-refractivity contribution in [3.63, 3.8) is 0 Å². The van der Waals surface area contributed by atoms with Gasteiger partial charge in [0.1, 0.15) is 0 Å². The Bertz CT molecular complexity index is 243. The smallest absolute Gasteiger partial charge is 0.305 e. The molecule has 0 aliphatic carbocycles. The molecule has 0 aromatic rings. The lowest BCUT2D eigenvalue weighted by atomic mass is 10.00. The Morgan fingerprint density at radius 3 is 1.86 bits per heavy atom. The maximum atomic E-state index is 10.9. The summed E-state index contributed by atoms with van der Waals surface area (Å²) in [4.78, 5) is 10.9. The highest BCUT2D eigenvalue weighted by atomic mass is 16.5. The number of carbonyl (C=O) groups excluding carboxylic acids is 1. The third kappa shape index (κ3) is 12.8. The summed E-state index contributed by atoms with van der Waals surface area (Å²) in [6.07, 6.45) is 10.2. The molecule has 0 fully saturated rings. The lowest BCUT2D eigenvalue weighted by Gasteiger charge is -2.17. The van der Waals surface area contributed by atoms with E-state index in [1.54, 1.807) is 0 Å². The highest BCUT2D eigenvalue weighted by molar-refractivity contribution is 5.68. The Morgan fingerprint density at radius 2 is 1.33 bits per heavy atom. The van der Waals surface area contributed by atoms with E-state index in [1.165, 1.54) is 20.0 Å². The first-order chi connectivity index (χ1) is 10.1. The van der Waals surface area contributed by atoms with Gasteiger partial charge in [0, 0.05) is 6.42 Å². The summed E-state index contributed by atoms with van der Waals surface area (Å²) >= 11 is 0. The summed E-state index contributed by atoms with van der Waals surface area (Å²) in [5, 5.41) is 19.7. The predicted octanol–water partition coefficient (Wildman–Crippen LogP) is 3.58. The molecule has 126 valence electrons. The van der Waals surface area contributed by atoms with Crippen molar-refractivity contribution in [2.45, 2.75) is 96.2 Å². The van der Waals surface area contributed by atoms with Crippen LogP contribution in [-0.4, -0.2) is 35.5 Å². The molecule has 2 atom stereocenters. The summed E-state index contributed by atoms with van der Waals surface area (Å²) in [7, 11) is 1.41. The zero-order chi connectivity index (χ0) is 15.9. The first-order valence-corrected chi connectivity index (χ1v) is 8.54. The summed E-state index contributed by atoms with van der Waals surface area (Å²) in [6.45, 7) is 2.16. The molecule has 2 N–H and O–H groups in total. The number of rotatable bonds is 14. The van der Waals surface area contributed by atoms with Crippen LogP contribution < -0.4 is 0 Å². The van der Waals surface area contributed by atoms with E-state index in [1.807, 2.05) is 0 Å². The molecule has 2 unspecified atom stereocenters. The molecule has 0 radical (unpaired) electrons. The fourth-order valence-electron chi connectivity index (χ4n) is 2.42. The van der Waals surface area contributed by atoms with Crippen LogP contribution in [0.2, 0.25) is 0 Å². The van der Waals surface area contributed by atoms with Gasteiger partial charge >= 0.3 is 5.97 Å². The molecule has 0 aromatic carbocycles. The molecule has 0 saturated carbocycles. The van der Waals surface area contributed by atoms with Gasteiger partial charge in [0.25, 0.3) is 0 Å². The van der Waals surface area contributed by atoms with Crippen molar-refractivity contribution in [1.29, 1.82) is 0 Å². The number of ether oxygens (including phenoxy) is 1. The largest absolute Gasteiger partial charge is 0.469 e. The Labute approximate surface area is 129 Å². The molecule has 0 spiro atoms. The minimum absolute atomic E-state index is 0.142. The Balaban J connectivity index is 3.39. The van der Waals surface area contributed by atoms with Crippen LogP contribution in [0.3, 0.4) is 0 Å². The Hall–Kier alpha value is -0.610. The fourth-order valence-corrected chi connectivity index (χ4v) is 2.42. The van der Waals surface area contributed by atoms with Crippen LogP contribution in [0.25, 0.3) is 0 Å². The molecule has 0 amide bonds. The summed E-state index contributed by atoms with van der Waals surface area (Å²) in [6, 6.07) is 0. The van der Waals surface area contributed by atoms with Crippen molar-refractivity contribution in [3.05, 3.63) is 0 Å². The van der Waals surface area contributed by atoms with Crippen LogP contribution in [0.1, 0.15) is 84.0 Å². The lowest BCUT2D eigenvalue weighted by molar-refractivity contribution is -0.140. The monoisotopic (exact) mass is 302 g/mol. The van der Waals surface area contributed by atoms with Crippen molar-refractivity contribution in [3.8, 4) is 0 Å². The second-order valence-electron chi connectivity index (χ2n) is 5.87. The van der Waals surface area contributed by atoms with E-state index in [2.05, 4.69) is 11.7 Å². The SMILES string of the molecule is CCCCCCC(O)C(O)CCCCCCCC(=O)OC. The number of hydrogen-bond donors (Lipinski definition) is 2. The lowest BCUT2D eigenvalue weighted by Crippen LogP contribution is -2.25. The first-order valence-electron chi connectivity index (χ1n) is 8.54. The maximum absolute atomic E-state index is 10.9. The molecule has 0 rings (SSSR count). The number of methoxy groups -OCH3 is 1. The van der Waals surface area contributed by atoms with E-state index in [-0.39, 0.29) is 5.97 Å². The van der Waals surface area contributed by atoms with Crippen LogP contribution >= 0.6 is 0 Å². The Morgan fingerprint density at radius 1 is 0.857 bits per heavy atom. The minimum atomic E-state index is -0.582. The number of hydrogen-bond acceptors (Lipinski definition) is 4. The average Bonchev–Trinajstić information content (AvgIpc) is 2.49.